The molecule has 2 heterocycles. The Morgan fingerprint density at radius 2 is 2.62 bits per heavy atom. The van der Waals surface area contributed by atoms with Crippen molar-refractivity contribution in [2.24, 2.45) is 0 Å². The van der Waals surface area contributed by atoms with Gasteiger partial charge in [-0.25, -0.2) is 0 Å². The molecule has 1 N–H and O–H groups in total. The summed E-state index contributed by atoms with van der Waals surface area (Å²) < 4.78 is 2.04. The lowest BCUT2D eigenvalue weighted by molar-refractivity contribution is 0.480. The third-order valence-corrected chi connectivity index (χ3v) is 2.63. The van der Waals surface area contributed by atoms with Gasteiger partial charge >= 0.3 is 0 Å². The van der Waals surface area contributed by atoms with Gasteiger partial charge in [-0.2, -0.15) is 5.10 Å². The van der Waals surface area contributed by atoms with Crippen LogP contribution in [-0.4, -0.2) is 22.4 Å². The van der Waals surface area contributed by atoms with Gasteiger partial charge in [-0.05, 0) is 38.3 Å². The van der Waals surface area contributed by atoms with Crippen LogP contribution in [0.3, 0.4) is 0 Å². The highest BCUT2D eigenvalue weighted by Gasteiger charge is 2.13. The molecule has 0 amide bonds. The highest BCUT2D eigenvalue weighted by atomic mass is 15.3. The highest BCUT2D eigenvalue weighted by Crippen LogP contribution is 2.09. The first-order valence-electron chi connectivity index (χ1n) is 5.07. The fraction of sp³-hybridized carbons (Fsp3) is 0.700. The lowest BCUT2D eigenvalue weighted by Crippen LogP contribution is -2.22. The number of aromatic nitrogens is 2. The van der Waals surface area contributed by atoms with Gasteiger partial charge in [0, 0.05) is 18.8 Å². The monoisotopic (exact) mass is 179 g/mol. The second-order valence-electron chi connectivity index (χ2n) is 3.86. The van der Waals surface area contributed by atoms with E-state index in [1.165, 1.54) is 31.4 Å². The Balaban J connectivity index is 1.78. The fourth-order valence-electron chi connectivity index (χ4n) is 1.88. The van der Waals surface area contributed by atoms with Crippen molar-refractivity contribution >= 4 is 0 Å². The van der Waals surface area contributed by atoms with E-state index < -0.39 is 0 Å². The number of hydrogen-bond donors (Lipinski definition) is 1. The molecule has 1 saturated heterocycles. The second kappa shape index (κ2) is 3.92. The molecule has 0 aromatic carbocycles. The molecule has 0 radical (unpaired) electrons. The smallest absolute Gasteiger partial charge is 0.0518 e. The summed E-state index contributed by atoms with van der Waals surface area (Å²) in [6.45, 7) is 4.33. The Morgan fingerprint density at radius 3 is 3.23 bits per heavy atom. The van der Waals surface area contributed by atoms with Crippen molar-refractivity contribution in [3.8, 4) is 0 Å². The number of aryl methyl sites for hydroxylation is 2. The molecule has 1 aromatic heterocycles. The summed E-state index contributed by atoms with van der Waals surface area (Å²) in [5.41, 5.74) is 1.25. The van der Waals surface area contributed by atoms with E-state index >= 15 is 0 Å². The maximum absolute atomic E-state index is 4.27. The largest absolute Gasteiger partial charge is 0.314 e. The summed E-state index contributed by atoms with van der Waals surface area (Å²) in [4.78, 5) is 0. The van der Waals surface area contributed by atoms with Gasteiger partial charge < -0.3 is 5.32 Å². The first-order valence-corrected chi connectivity index (χ1v) is 5.07. The van der Waals surface area contributed by atoms with Crippen LogP contribution in [0.1, 0.15) is 24.8 Å². The predicted molar refractivity (Wildman–Crippen MR) is 52.6 cm³/mol. The van der Waals surface area contributed by atoms with E-state index in [4.69, 9.17) is 0 Å². The first-order chi connectivity index (χ1) is 6.34. The second-order valence-corrected chi connectivity index (χ2v) is 3.86. The zero-order valence-corrected chi connectivity index (χ0v) is 8.16. The van der Waals surface area contributed by atoms with Crippen LogP contribution in [0, 0.1) is 6.92 Å². The van der Waals surface area contributed by atoms with E-state index in [0.717, 1.165) is 12.6 Å². The van der Waals surface area contributed by atoms with Crippen molar-refractivity contribution in [3.05, 3.63) is 18.0 Å². The lowest BCUT2D eigenvalue weighted by atomic mass is 10.2. The van der Waals surface area contributed by atoms with Crippen LogP contribution in [0.4, 0.5) is 0 Å². The lowest BCUT2D eigenvalue weighted by Gasteiger charge is -2.09. The van der Waals surface area contributed by atoms with Crippen LogP contribution in [0.5, 0.6) is 0 Å². The van der Waals surface area contributed by atoms with Crippen LogP contribution < -0.4 is 5.32 Å². The molecule has 0 aliphatic carbocycles. The Labute approximate surface area is 79.1 Å². The standard InChI is InChI=1S/C10H17N3/c1-9-7-12-13(8-9)6-4-10-3-2-5-11-10/h7-8,10-11H,2-6H2,1H3. The normalized spacial score (nSPS) is 22.4. The minimum Gasteiger partial charge on any atom is -0.314 e. The zero-order chi connectivity index (χ0) is 9.10. The fourth-order valence-corrected chi connectivity index (χ4v) is 1.88. The van der Waals surface area contributed by atoms with E-state index in [-0.39, 0.29) is 0 Å². The molecule has 0 bridgehead atoms. The van der Waals surface area contributed by atoms with Crippen molar-refractivity contribution < 1.29 is 0 Å². The third kappa shape index (κ3) is 2.31. The molecule has 1 aliphatic heterocycles. The SMILES string of the molecule is Cc1cnn(CCC2CCCN2)c1. The number of hydrogen-bond acceptors (Lipinski definition) is 2. The summed E-state index contributed by atoms with van der Waals surface area (Å²) in [5, 5.41) is 7.76. The van der Waals surface area contributed by atoms with Gasteiger partial charge in [-0.15, -0.1) is 0 Å². The quantitative estimate of drug-likeness (QED) is 0.758. The predicted octanol–water partition coefficient (Wildman–Crippen LogP) is 1.33. The first kappa shape index (κ1) is 8.75. The molecule has 0 spiro atoms. The van der Waals surface area contributed by atoms with Gasteiger partial charge in [0.05, 0.1) is 6.20 Å². The Morgan fingerprint density at radius 1 is 1.69 bits per heavy atom. The summed E-state index contributed by atoms with van der Waals surface area (Å²) in [6.07, 6.45) is 7.90. The molecule has 2 rings (SSSR count). The average Bonchev–Trinajstić information content (AvgIpc) is 2.71. The zero-order valence-electron chi connectivity index (χ0n) is 8.16. The molecule has 1 fully saturated rings. The third-order valence-electron chi connectivity index (χ3n) is 2.63. The van der Waals surface area contributed by atoms with E-state index in [2.05, 4.69) is 23.5 Å². The van der Waals surface area contributed by atoms with Crippen LogP contribution in [0.25, 0.3) is 0 Å². The maximum Gasteiger partial charge on any atom is 0.0518 e. The van der Waals surface area contributed by atoms with E-state index in [9.17, 15) is 0 Å². The molecule has 1 unspecified atom stereocenters. The molecule has 3 heteroatoms. The van der Waals surface area contributed by atoms with Crippen molar-refractivity contribution in [1.29, 1.82) is 0 Å². The van der Waals surface area contributed by atoms with Crippen molar-refractivity contribution in [2.45, 2.75) is 38.8 Å². The summed E-state index contributed by atoms with van der Waals surface area (Å²) in [5.74, 6) is 0. The van der Waals surface area contributed by atoms with Gasteiger partial charge in [-0.1, -0.05) is 0 Å². The number of rotatable bonds is 3. The van der Waals surface area contributed by atoms with Gasteiger partial charge in [-0.3, -0.25) is 4.68 Å². The number of nitrogens with zero attached hydrogens (tertiary/aromatic N) is 2. The molecule has 0 saturated carbocycles. The van der Waals surface area contributed by atoms with Crippen molar-refractivity contribution in [2.75, 3.05) is 6.54 Å². The Bertz CT molecular complexity index is 261. The van der Waals surface area contributed by atoms with Gasteiger partial charge in [0.25, 0.3) is 0 Å². The topological polar surface area (TPSA) is 29.9 Å². The van der Waals surface area contributed by atoms with Crippen LogP contribution in [0.15, 0.2) is 12.4 Å². The Hall–Kier alpha value is -0.830. The number of nitrogens with one attached hydrogen (secondary N) is 1. The van der Waals surface area contributed by atoms with Crippen molar-refractivity contribution in [1.82, 2.24) is 15.1 Å². The molecule has 3 nitrogen and oxygen atoms in total. The van der Waals surface area contributed by atoms with Gasteiger partial charge in [0.1, 0.15) is 0 Å². The molecule has 72 valence electrons. The molecule has 1 aromatic rings. The van der Waals surface area contributed by atoms with E-state index in [1.54, 1.807) is 0 Å². The van der Waals surface area contributed by atoms with Crippen LogP contribution >= 0.6 is 0 Å². The minimum atomic E-state index is 0.726. The summed E-state index contributed by atoms with van der Waals surface area (Å²) in [7, 11) is 0. The molecule has 13 heavy (non-hydrogen) atoms. The maximum atomic E-state index is 4.27. The molecule has 1 aliphatic rings. The van der Waals surface area contributed by atoms with Crippen molar-refractivity contribution in [3.63, 3.8) is 0 Å². The van der Waals surface area contributed by atoms with E-state index in [0.29, 0.717) is 0 Å². The van der Waals surface area contributed by atoms with Crippen LogP contribution in [-0.2, 0) is 6.54 Å². The minimum absolute atomic E-state index is 0.726. The molecular formula is C10H17N3. The van der Waals surface area contributed by atoms with Gasteiger partial charge in [0.15, 0.2) is 0 Å². The van der Waals surface area contributed by atoms with E-state index in [1.807, 2.05) is 10.9 Å². The molecule has 1 atom stereocenters. The highest BCUT2D eigenvalue weighted by molar-refractivity contribution is 4.99. The summed E-state index contributed by atoms with van der Waals surface area (Å²) in [6, 6.07) is 0.726. The Kier molecular flexibility index (Phi) is 2.64. The molecular weight excluding hydrogens is 162 g/mol. The van der Waals surface area contributed by atoms with Gasteiger partial charge in [0.2, 0.25) is 0 Å². The average molecular weight is 179 g/mol. The van der Waals surface area contributed by atoms with Crippen LogP contribution in [0.2, 0.25) is 0 Å². The summed E-state index contributed by atoms with van der Waals surface area (Å²) >= 11 is 0.